The zero-order valence-electron chi connectivity index (χ0n) is 30.2. The van der Waals surface area contributed by atoms with Gasteiger partial charge in [-0.05, 0) is 141 Å². The van der Waals surface area contributed by atoms with Gasteiger partial charge in [0.05, 0.1) is 12.0 Å². The molecule has 6 heteroatoms. The quantitative estimate of drug-likeness (QED) is 0.237. The molecule has 6 rings (SSSR count). The number of carbonyl (C=O) groups excluding carboxylic acids is 3. The molecule has 6 aliphatic rings. The third-order valence-electron chi connectivity index (χ3n) is 16.6. The summed E-state index contributed by atoms with van der Waals surface area (Å²) in [4.78, 5) is 38.5. The number of aliphatic hydroxyl groups is 1. The van der Waals surface area contributed by atoms with Crippen molar-refractivity contribution in [2.45, 2.75) is 157 Å². The van der Waals surface area contributed by atoms with E-state index < -0.39 is 0 Å². The van der Waals surface area contributed by atoms with Gasteiger partial charge in [0.15, 0.2) is 0 Å². The molecular formula is C40H65NO5. The van der Waals surface area contributed by atoms with Crippen LogP contribution < -0.4 is 5.32 Å². The molecule has 0 radical (unpaired) electrons. The number of carbonyl (C=O) groups is 3. The zero-order chi connectivity index (χ0) is 33.2. The van der Waals surface area contributed by atoms with Crippen LogP contribution in [0.4, 0.5) is 0 Å². The average Bonchev–Trinajstić information content (AvgIpc) is 3.57. The predicted molar refractivity (Wildman–Crippen MR) is 181 cm³/mol. The lowest BCUT2D eigenvalue weighted by Gasteiger charge is -2.62. The van der Waals surface area contributed by atoms with E-state index >= 15 is 0 Å². The monoisotopic (exact) mass is 639 g/mol. The van der Waals surface area contributed by atoms with Crippen LogP contribution in [-0.4, -0.2) is 41.5 Å². The predicted octanol–water partition coefficient (Wildman–Crippen LogP) is 7.89. The summed E-state index contributed by atoms with van der Waals surface area (Å²) in [5.74, 6) is 4.12. The maximum absolute atomic E-state index is 13.0. The van der Waals surface area contributed by atoms with E-state index in [0.29, 0.717) is 60.2 Å². The fourth-order valence-corrected chi connectivity index (χ4v) is 13.1. The topological polar surface area (TPSA) is 92.7 Å². The van der Waals surface area contributed by atoms with Gasteiger partial charge >= 0.3 is 5.97 Å². The highest BCUT2D eigenvalue weighted by Gasteiger charge is 2.65. The Labute approximate surface area is 279 Å². The highest BCUT2D eigenvalue weighted by Crippen LogP contribution is 2.69. The third kappa shape index (κ3) is 5.32. The first-order valence-corrected chi connectivity index (χ1v) is 19.4. The molecule has 2 N–H and O–H groups in total. The van der Waals surface area contributed by atoms with Gasteiger partial charge < -0.3 is 15.2 Å². The van der Waals surface area contributed by atoms with Crippen LogP contribution in [0.2, 0.25) is 0 Å². The summed E-state index contributed by atoms with van der Waals surface area (Å²) in [7, 11) is 0. The molecule has 6 aliphatic carbocycles. The van der Waals surface area contributed by atoms with Crippen LogP contribution in [0.1, 0.15) is 145 Å². The number of ketones is 1. The van der Waals surface area contributed by atoms with E-state index in [1.807, 2.05) is 13.8 Å². The minimum atomic E-state index is -0.305. The lowest BCUT2D eigenvalue weighted by molar-refractivity contribution is -0.183. The molecule has 6 nitrogen and oxygen atoms in total. The Morgan fingerprint density at radius 1 is 0.957 bits per heavy atom. The molecule has 260 valence electrons. The zero-order valence-corrected chi connectivity index (χ0v) is 30.2. The number of rotatable bonds is 10. The summed E-state index contributed by atoms with van der Waals surface area (Å²) < 4.78 is 6.00. The fraction of sp³-hybridized carbons (Fsp3) is 0.925. The van der Waals surface area contributed by atoms with Crippen molar-refractivity contribution in [1.82, 2.24) is 5.32 Å². The van der Waals surface area contributed by atoms with Gasteiger partial charge in [-0.25, -0.2) is 0 Å². The van der Waals surface area contributed by atoms with Crippen molar-refractivity contribution in [3.8, 4) is 0 Å². The Hall–Kier alpha value is -1.43. The van der Waals surface area contributed by atoms with Gasteiger partial charge in [-0.1, -0.05) is 48.5 Å². The number of Topliss-reactive ketones (excluding diaryl/α,β-unsaturated/α-hetero) is 1. The molecule has 0 aromatic rings. The van der Waals surface area contributed by atoms with Crippen LogP contribution in [0.25, 0.3) is 0 Å². The maximum atomic E-state index is 13.0. The van der Waals surface area contributed by atoms with E-state index in [2.05, 4.69) is 39.9 Å². The molecule has 0 saturated heterocycles. The van der Waals surface area contributed by atoms with Crippen molar-refractivity contribution in [3.63, 3.8) is 0 Å². The average molecular weight is 640 g/mol. The van der Waals surface area contributed by atoms with E-state index in [-0.39, 0.29) is 51.7 Å². The van der Waals surface area contributed by atoms with Crippen molar-refractivity contribution in [3.05, 3.63) is 0 Å². The third-order valence-corrected chi connectivity index (χ3v) is 16.6. The minimum Gasteiger partial charge on any atom is -0.462 e. The smallest absolute Gasteiger partial charge is 0.308 e. The number of amides is 1. The van der Waals surface area contributed by atoms with Crippen molar-refractivity contribution >= 4 is 17.7 Å². The van der Waals surface area contributed by atoms with E-state index in [1.165, 1.54) is 19.3 Å². The molecule has 6 fully saturated rings. The van der Waals surface area contributed by atoms with Gasteiger partial charge in [0.2, 0.25) is 5.91 Å². The Bertz CT molecular complexity index is 1180. The highest BCUT2D eigenvalue weighted by atomic mass is 16.5. The van der Waals surface area contributed by atoms with E-state index in [9.17, 15) is 19.5 Å². The summed E-state index contributed by atoms with van der Waals surface area (Å²) in [6, 6.07) is 0. The van der Waals surface area contributed by atoms with Crippen LogP contribution in [0, 0.1) is 69.0 Å². The number of hydrogen-bond donors (Lipinski definition) is 2. The number of hydrogen-bond acceptors (Lipinski definition) is 5. The van der Waals surface area contributed by atoms with Crippen LogP contribution in [0.15, 0.2) is 0 Å². The summed E-state index contributed by atoms with van der Waals surface area (Å²) in [6.45, 7) is 16.4. The Kier molecular flexibility index (Phi) is 9.34. The van der Waals surface area contributed by atoms with Crippen LogP contribution in [0.3, 0.4) is 0 Å². The molecule has 0 heterocycles. The van der Waals surface area contributed by atoms with Gasteiger partial charge in [0.25, 0.3) is 0 Å². The molecule has 0 aliphatic heterocycles. The Morgan fingerprint density at radius 2 is 1.72 bits per heavy atom. The second kappa shape index (κ2) is 12.5. The van der Waals surface area contributed by atoms with E-state index in [0.717, 1.165) is 70.6 Å². The summed E-state index contributed by atoms with van der Waals surface area (Å²) in [5, 5.41) is 15.2. The molecule has 0 aromatic carbocycles. The molecule has 13 atom stereocenters. The normalized spacial score (nSPS) is 45.3. The first kappa shape index (κ1) is 34.4. The lowest BCUT2D eigenvalue weighted by Crippen LogP contribution is -2.59. The van der Waals surface area contributed by atoms with E-state index in [1.54, 1.807) is 0 Å². The van der Waals surface area contributed by atoms with E-state index in [4.69, 9.17) is 4.74 Å². The molecule has 0 aromatic heterocycles. The molecule has 0 spiro atoms. The number of nitrogens with one attached hydrogen (secondary N) is 1. The van der Waals surface area contributed by atoms with Gasteiger partial charge in [0, 0.05) is 24.8 Å². The number of fused-ring (bicyclic) bond motifs is 7. The van der Waals surface area contributed by atoms with Crippen molar-refractivity contribution in [2.75, 3.05) is 6.54 Å². The largest absolute Gasteiger partial charge is 0.462 e. The van der Waals surface area contributed by atoms with Gasteiger partial charge in [-0.3, -0.25) is 14.4 Å². The fourth-order valence-electron chi connectivity index (χ4n) is 13.1. The van der Waals surface area contributed by atoms with Gasteiger partial charge in [0.1, 0.15) is 11.9 Å². The number of ether oxygens (including phenoxy) is 1. The first-order valence-electron chi connectivity index (χ1n) is 19.4. The first-order chi connectivity index (χ1) is 21.7. The van der Waals surface area contributed by atoms with Crippen molar-refractivity contribution < 1.29 is 24.2 Å². The second-order valence-electron chi connectivity index (χ2n) is 18.4. The van der Waals surface area contributed by atoms with Crippen molar-refractivity contribution in [1.29, 1.82) is 0 Å². The minimum absolute atomic E-state index is 0.0294. The highest BCUT2D eigenvalue weighted by molar-refractivity contribution is 5.89. The summed E-state index contributed by atoms with van der Waals surface area (Å²) in [5.41, 5.74) is -0.0640. The Morgan fingerprint density at radius 3 is 2.39 bits per heavy atom. The summed E-state index contributed by atoms with van der Waals surface area (Å²) >= 11 is 0. The second-order valence-corrected chi connectivity index (χ2v) is 18.4. The molecule has 13 unspecified atom stereocenters. The number of esters is 1. The molecule has 2 bridgehead atoms. The molecular weight excluding hydrogens is 574 g/mol. The Balaban J connectivity index is 1.03. The van der Waals surface area contributed by atoms with Crippen LogP contribution in [0.5, 0.6) is 0 Å². The van der Waals surface area contributed by atoms with Crippen molar-refractivity contribution in [2.24, 2.45) is 69.0 Å². The maximum Gasteiger partial charge on any atom is 0.308 e. The van der Waals surface area contributed by atoms with Gasteiger partial charge in [-0.2, -0.15) is 0 Å². The standard InChI is InChI=1S/C40H65NO5/c1-8-24(2)36(45)46-28-16-17-38(6)27(21-28)10-11-29-31-13-12-30(39(31,7)33(42)23-32(29)38)25(3)9-14-35(44)41-20-19-40-18-15-26(22-34(40)43)37(40,4)5/h24-33,42H,8-23H2,1-7H3,(H,41,44). The SMILES string of the molecule is CCC(C)C(=O)OC1CCC2(C)C(CCC3C2CC(O)C2(C)C(C(C)CCC(=O)NCCC45CCC(CC4=O)C5(C)C)CCC32)C1. The molecule has 46 heavy (non-hydrogen) atoms. The van der Waals surface area contributed by atoms with Crippen LogP contribution >= 0.6 is 0 Å². The van der Waals surface area contributed by atoms with Gasteiger partial charge in [-0.15, -0.1) is 0 Å². The van der Waals surface area contributed by atoms with Crippen LogP contribution in [-0.2, 0) is 19.1 Å². The lowest BCUT2D eigenvalue weighted by atomic mass is 9.43. The number of aliphatic hydroxyl groups excluding tert-OH is 1. The molecule has 1 amide bonds. The molecule has 6 saturated carbocycles. The summed E-state index contributed by atoms with van der Waals surface area (Å²) in [6.07, 6.45) is 14.3.